The summed E-state index contributed by atoms with van der Waals surface area (Å²) in [7, 11) is 0. The van der Waals surface area contributed by atoms with Gasteiger partial charge >= 0.3 is 0 Å². The lowest BCUT2D eigenvalue weighted by Crippen LogP contribution is -2.26. The molecular formula is C12H15FNO2S-. The highest BCUT2D eigenvalue weighted by atomic mass is 32.2. The van der Waals surface area contributed by atoms with Crippen LogP contribution < -0.4 is 5.32 Å². The van der Waals surface area contributed by atoms with Gasteiger partial charge in [0.25, 0.3) is 0 Å². The number of piperidine rings is 1. The summed E-state index contributed by atoms with van der Waals surface area (Å²) in [5, 5.41) is 3.25. The third kappa shape index (κ3) is 3.59. The van der Waals surface area contributed by atoms with Crippen molar-refractivity contribution in [1.29, 1.82) is 0 Å². The lowest BCUT2D eigenvalue weighted by Gasteiger charge is -2.23. The lowest BCUT2D eigenvalue weighted by atomic mass is 9.89. The van der Waals surface area contributed by atoms with Crippen LogP contribution in [0.4, 0.5) is 4.39 Å². The number of nitrogens with one attached hydrogen (secondary N) is 1. The Balaban J connectivity index is 2.20. The summed E-state index contributed by atoms with van der Waals surface area (Å²) in [6.45, 7) is 1.87. The SMILES string of the molecule is O=S([O-])Cc1cc(F)cc(C2CCNCC2)c1. The molecule has 0 radical (unpaired) electrons. The van der Waals surface area contributed by atoms with Crippen LogP contribution in [-0.4, -0.2) is 21.9 Å². The van der Waals surface area contributed by atoms with Gasteiger partial charge in [-0.2, -0.15) is 0 Å². The van der Waals surface area contributed by atoms with Gasteiger partial charge in [0.2, 0.25) is 0 Å². The second-order valence-electron chi connectivity index (χ2n) is 4.37. The molecule has 1 saturated heterocycles. The van der Waals surface area contributed by atoms with Crippen molar-refractivity contribution in [3.8, 4) is 0 Å². The summed E-state index contributed by atoms with van der Waals surface area (Å²) < 4.78 is 34.7. The molecule has 2 rings (SSSR count). The molecule has 17 heavy (non-hydrogen) atoms. The average molecular weight is 256 g/mol. The molecule has 0 aliphatic carbocycles. The fraction of sp³-hybridized carbons (Fsp3) is 0.500. The van der Waals surface area contributed by atoms with Gasteiger partial charge < -0.3 is 9.87 Å². The molecule has 1 aromatic carbocycles. The molecule has 1 aliphatic heterocycles. The van der Waals surface area contributed by atoms with Gasteiger partial charge in [0.15, 0.2) is 0 Å². The fourth-order valence-electron chi connectivity index (χ4n) is 2.29. The van der Waals surface area contributed by atoms with Gasteiger partial charge in [0.1, 0.15) is 5.82 Å². The van der Waals surface area contributed by atoms with Crippen molar-refractivity contribution >= 4 is 11.1 Å². The summed E-state index contributed by atoms with van der Waals surface area (Å²) in [5.74, 6) is -0.123. The molecule has 1 atom stereocenters. The van der Waals surface area contributed by atoms with Gasteiger partial charge in [0, 0.05) is 5.75 Å². The Morgan fingerprint density at radius 2 is 2.06 bits per heavy atom. The first kappa shape index (κ1) is 12.7. The van der Waals surface area contributed by atoms with E-state index in [0.717, 1.165) is 31.5 Å². The number of hydrogen-bond donors (Lipinski definition) is 1. The predicted molar refractivity (Wildman–Crippen MR) is 63.9 cm³/mol. The van der Waals surface area contributed by atoms with Crippen LogP contribution in [0.2, 0.25) is 0 Å². The highest BCUT2D eigenvalue weighted by Gasteiger charge is 2.16. The van der Waals surface area contributed by atoms with Crippen LogP contribution in [0.25, 0.3) is 0 Å². The maximum atomic E-state index is 13.4. The second kappa shape index (κ2) is 5.71. The van der Waals surface area contributed by atoms with E-state index < -0.39 is 11.1 Å². The van der Waals surface area contributed by atoms with E-state index in [0.29, 0.717) is 11.5 Å². The lowest BCUT2D eigenvalue weighted by molar-refractivity contribution is 0.458. The standard InChI is InChI=1S/C12H16FNO2S/c13-12-6-9(8-17(15)16)5-11(7-12)10-1-3-14-4-2-10/h5-7,10,14H,1-4,8H2,(H,15,16)/p-1. The highest BCUT2D eigenvalue weighted by molar-refractivity contribution is 7.78. The number of halogens is 1. The Labute approximate surface area is 103 Å². The van der Waals surface area contributed by atoms with E-state index in [1.165, 1.54) is 12.1 Å². The maximum Gasteiger partial charge on any atom is 0.123 e. The van der Waals surface area contributed by atoms with E-state index in [2.05, 4.69) is 5.32 Å². The zero-order chi connectivity index (χ0) is 12.3. The van der Waals surface area contributed by atoms with E-state index >= 15 is 0 Å². The normalized spacial score (nSPS) is 19.2. The molecule has 5 heteroatoms. The van der Waals surface area contributed by atoms with Gasteiger partial charge in [-0.25, -0.2) is 4.39 Å². The minimum atomic E-state index is -2.17. The molecule has 0 saturated carbocycles. The molecule has 1 fully saturated rings. The second-order valence-corrected chi connectivity index (χ2v) is 5.26. The highest BCUT2D eigenvalue weighted by Crippen LogP contribution is 2.26. The first-order valence-electron chi connectivity index (χ1n) is 5.71. The predicted octanol–water partition coefficient (Wildman–Crippen LogP) is 1.67. The molecule has 0 amide bonds. The van der Waals surface area contributed by atoms with Crippen molar-refractivity contribution in [2.75, 3.05) is 13.1 Å². The van der Waals surface area contributed by atoms with Crippen molar-refractivity contribution in [3.63, 3.8) is 0 Å². The van der Waals surface area contributed by atoms with Crippen molar-refractivity contribution in [2.24, 2.45) is 0 Å². The smallest absolute Gasteiger partial charge is 0.123 e. The molecule has 1 N–H and O–H groups in total. The van der Waals surface area contributed by atoms with Crippen LogP contribution in [0.5, 0.6) is 0 Å². The topological polar surface area (TPSA) is 52.2 Å². The zero-order valence-electron chi connectivity index (χ0n) is 9.45. The van der Waals surface area contributed by atoms with E-state index in [1.54, 1.807) is 0 Å². The van der Waals surface area contributed by atoms with Crippen molar-refractivity contribution in [2.45, 2.75) is 24.5 Å². The molecular weight excluding hydrogens is 241 g/mol. The molecule has 0 spiro atoms. The van der Waals surface area contributed by atoms with Crippen LogP contribution in [0, 0.1) is 5.82 Å². The van der Waals surface area contributed by atoms with Crippen molar-refractivity contribution < 1.29 is 13.2 Å². The molecule has 1 aromatic rings. The number of benzene rings is 1. The third-order valence-corrected chi connectivity index (χ3v) is 3.64. The Hall–Kier alpha value is -0.780. The minimum Gasteiger partial charge on any atom is -0.772 e. The summed E-state index contributed by atoms with van der Waals surface area (Å²) in [4.78, 5) is 0. The summed E-state index contributed by atoms with van der Waals surface area (Å²) in [5.41, 5.74) is 1.46. The molecule has 1 unspecified atom stereocenters. The first-order chi connectivity index (χ1) is 8.15. The molecule has 1 heterocycles. The monoisotopic (exact) mass is 256 g/mol. The molecule has 0 aromatic heterocycles. The van der Waals surface area contributed by atoms with Gasteiger partial charge in [0.05, 0.1) is 0 Å². The summed E-state index contributed by atoms with van der Waals surface area (Å²) in [6, 6.07) is 4.63. The molecule has 1 aliphatic rings. The summed E-state index contributed by atoms with van der Waals surface area (Å²) in [6.07, 6.45) is 1.95. The number of hydrogen-bond acceptors (Lipinski definition) is 3. The van der Waals surface area contributed by atoms with E-state index in [-0.39, 0.29) is 11.6 Å². The van der Waals surface area contributed by atoms with Crippen molar-refractivity contribution in [1.82, 2.24) is 5.32 Å². The van der Waals surface area contributed by atoms with Gasteiger partial charge in [-0.3, -0.25) is 4.21 Å². The van der Waals surface area contributed by atoms with Crippen LogP contribution in [0.3, 0.4) is 0 Å². The largest absolute Gasteiger partial charge is 0.772 e. The van der Waals surface area contributed by atoms with E-state index in [9.17, 15) is 13.2 Å². The Morgan fingerprint density at radius 3 is 2.71 bits per heavy atom. The van der Waals surface area contributed by atoms with E-state index in [1.807, 2.05) is 6.07 Å². The third-order valence-electron chi connectivity index (χ3n) is 3.07. The number of rotatable bonds is 3. The Bertz CT molecular complexity index is 419. The molecule has 0 bridgehead atoms. The fourth-order valence-corrected chi connectivity index (χ4v) is 2.72. The first-order valence-corrected chi connectivity index (χ1v) is 6.95. The van der Waals surface area contributed by atoms with Gasteiger partial charge in [-0.05, 0) is 55.1 Å². The van der Waals surface area contributed by atoms with Gasteiger partial charge in [-0.1, -0.05) is 17.1 Å². The summed E-state index contributed by atoms with van der Waals surface area (Å²) >= 11 is -2.17. The average Bonchev–Trinajstić information content (AvgIpc) is 2.28. The van der Waals surface area contributed by atoms with E-state index in [4.69, 9.17) is 0 Å². The Morgan fingerprint density at radius 1 is 1.35 bits per heavy atom. The van der Waals surface area contributed by atoms with Crippen LogP contribution in [-0.2, 0) is 16.8 Å². The minimum absolute atomic E-state index is 0.115. The van der Waals surface area contributed by atoms with Crippen LogP contribution in [0.1, 0.15) is 29.9 Å². The quantitative estimate of drug-likeness (QED) is 0.837. The van der Waals surface area contributed by atoms with Gasteiger partial charge in [-0.15, -0.1) is 0 Å². The molecule has 94 valence electrons. The maximum absolute atomic E-state index is 13.4. The van der Waals surface area contributed by atoms with Crippen molar-refractivity contribution in [3.05, 3.63) is 35.1 Å². The van der Waals surface area contributed by atoms with Crippen LogP contribution in [0.15, 0.2) is 18.2 Å². The van der Waals surface area contributed by atoms with Crippen LogP contribution >= 0.6 is 0 Å². The zero-order valence-corrected chi connectivity index (χ0v) is 10.3. The Kier molecular flexibility index (Phi) is 4.25. The molecule has 3 nitrogen and oxygen atoms in total.